The number of methoxy groups -OCH3 is 2. The molecule has 10 nitrogen and oxygen atoms in total. The van der Waals surface area contributed by atoms with Crippen LogP contribution in [0, 0.1) is 0 Å². The third-order valence-electron chi connectivity index (χ3n) is 5.32. The van der Waals surface area contributed by atoms with Gasteiger partial charge in [-0.3, -0.25) is 9.59 Å². The Hall–Kier alpha value is -3.70. The van der Waals surface area contributed by atoms with Gasteiger partial charge in [0.15, 0.2) is 11.5 Å². The number of nitrogens with zero attached hydrogens (tertiary/aromatic N) is 2. The van der Waals surface area contributed by atoms with Crippen molar-refractivity contribution < 1.29 is 38.3 Å². The molecular weight excluding hydrogens is 610 g/mol. The lowest BCUT2D eigenvalue weighted by Gasteiger charge is -2.19. The molecule has 0 aliphatic carbocycles. The summed E-state index contributed by atoms with van der Waals surface area (Å²) < 4.78 is 10.2. The Balaban J connectivity index is 1.70. The van der Waals surface area contributed by atoms with E-state index >= 15 is 0 Å². The van der Waals surface area contributed by atoms with Crippen LogP contribution in [0.1, 0.15) is 41.4 Å². The Morgan fingerprint density at radius 3 is 1.15 bits per heavy atom. The van der Waals surface area contributed by atoms with Crippen LogP contribution in [0.2, 0.25) is 20.1 Å². The van der Waals surface area contributed by atoms with E-state index in [1.807, 2.05) is 0 Å². The third kappa shape index (κ3) is 6.53. The monoisotopic (exact) mass is 628 g/mol. The van der Waals surface area contributed by atoms with E-state index in [1.165, 1.54) is 76.8 Å². The van der Waals surface area contributed by atoms with Crippen molar-refractivity contribution in [2.45, 2.75) is 0 Å². The highest BCUT2D eigenvalue weighted by Gasteiger charge is 2.27. The zero-order chi connectivity index (χ0) is 29.7. The van der Waals surface area contributed by atoms with Gasteiger partial charge in [-0.2, -0.15) is 10.1 Å². The van der Waals surface area contributed by atoms with Gasteiger partial charge in [-0.25, -0.2) is 9.59 Å². The van der Waals surface area contributed by atoms with Crippen LogP contribution in [0.5, 0.6) is 11.5 Å². The Labute approximate surface area is 248 Å². The summed E-state index contributed by atoms with van der Waals surface area (Å²) in [6.45, 7) is 0. The van der Waals surface area contributed by atoms with E-state index in [4.69, 9.17) is 65.6 Å². The minimum Gasteiger partial charge on any atom is -0.494 e. The molecule has 0 radical (unpaired) electrons. The van der Waals surface area contributed by atoms with Gasteiger partial charge >= 0.3 is 11.9 Å². The second kappa shape index (κ2) is 13.1. The van der Waals surface area contributed by atoms with Gasteiger partial charge in [0, 0.05) is 25.2 Å². The number of hydrogen-bond acceptors (Lipinski definition) is 8. The molecule has 0 fully saturated rings. The van der Waals surface area contributed by atoms with Gasteiger partial charge in [0.05, 0.1) is 34.3 Å². The van der Waals surface area contributed by atoms with Crippen LogP contribution in [0.25, 0.3) is 0 Å². The molecule has 0 spiro atoms. The van der Waals surface area contributed by atoms with E-state index < -0.39 is 23.8 Å². The lowest BCUT2D eigenvalue weighted by molar-refractivity contribution is -0.0663. The highest BCUT2D eigenvalue weighted by Crippen LogP contribution is 2.35. The lowest BCUT2D eigenvalue weighted by atomic mass is 10.1. The van der Waals surface area contributed by atoms with Gasteiger partial charge in [0.2, 0.25) is 0 Å². The maximum Gasteiger partial charge on any atom is 0.368 e. The van der Waals surface area contributed by atoms with Crippen molar-refractivity contribution in [2.75, 3.05) is 28.3 Å². The summed E-state index contributed by atoms with van der Waals surface area (Å²) >= 11 is 24.3. The molecule has 0 saturated heterocycles. The molecule has 0 bridgehead atoms. The van der Waals surface area contributed by atoms with Crippen LogP contribution >= 0.6 is 46.4 Å². The smallest absolute Gasteiger partial charge is 0.368 e. The van der Waals surface area contributed by atoms with Crippen molar-refractivity contribution in [1.82, 2.24) is 10.1 Å². The fourth-order valence-electron chi connectivity index (χ4n) is 3.39. The molecular formula is C26H20Cl4N2O8. The molecule has 40 heavy (non-hydrogen) atoms. The second-order valence-corrected chi connectivity index (χ2v) is 9.44. The molecule has 3 aromatic rings. The molecule has 210 valence electrons. The minimum absolute atomic E-state index is 0.0101. The summed E-state index contributed by atoms with van der Waals surface area (Å²) in [5.41, 5.74) is -0.171. The van der Waals surface area contributed by atoms with Gasteiger partial charge < -0.3 is 19.1 Å². The fourth-order valence-corrected chi connectivity index (χ4v) is 4.31. The number of halogens is 4. The Kier molecular flexibility index (Phi) is 10.1. The first-order valence-electron chi connectivity index (χ1n) is 11.1. The molecule has 14 heteroatoms. The van der Waals surface area contributed by atoms with Gasteiger partial charge in [-0.05, 0) is 48.5 Å². The van der Waals surface area contributed by atoms with Crippen LogP contribution in [-0.4, -0.2) is 62.2 Å². The molecule has 0 atom stereocenters. The normalized spacial score (nSPS) is 10.4. The number of hydroxylamine groups is 4. The van der Waals surface area contributed by atoms with E-state index in [0.29, 0.717) is 10.1 Å². The molecule has 3 aromatic carbocycles. The number of benzene rings is 3. The first-order chi connectivity index (χ1) is 18.9. The molecule has 0 heterocycles. The van der Waals surface area contributed by atoms with Crippen LogP contribution in [0.3, 0.4) is 0 Å². The highest BCUT2D eigenvalue weighted by atomic mass is 35.5. The van der Waals surface area contributed by atoms with Gasteiger partial charge in [-0.15, -0.1) is 0 Å². The Bertz CT molecular complexity index is 1370. The van der Waals surface area contributed by atoms with Crippen LogP contribution < -0.4 is 9.47 Å². The Morgan fingerprint density at radius 1 is 0.550 bits per heavy atom. The number of amides is 2. The molecule has 0 aliphatic heterocycles. The summed E-state index contributed by atoms with van der Waals surface area (Å²) in [5.74, 6) is -3.41. The predicted molar refractivity (Wildman–Crippen MR) is 147 cm³/mol. The minimum atomic E-state index is -0.980. The average Bonchev–Trinajstić information content (AvgIpc) is 2.93. The average molecular weight is 630 g/mol. The van der Waals surface area contributed by atoms with Gasteiger partial charge in [0.25, 0.3) is 11.8 Å². The quantitative estimate of drug-likeness (QED) is 0.305. The first-order valence-corrected chi connectivity index (χ1v) is 12.6. The van der Waals surface area contributed by atoms with E-state index in [1.54, 1.807) is 0 Å². The summed E-state index contributed by atoms with van der Waals surface area (Å²) in [6, 6.07) is 10.9. The second-order valence-electron chi connectivity index (χ2n) is 7.81. The van der Waals surface area contributed by atoms with Crippen molar-refractivity contribution in [3.8, 4) is 11.5 Å². The van der Waals surface area contributed by atoms with Crippen molar-refractivity contribution >= 4 is 70.2 Å². The van der Waals surface area contributed by atoms with Crippen molar-refractivity contribution in [3.05, 3.63) is 90.9 Å². The lowest BCUT2D eigenvalue weighted by Crippen LogP contribution is -2.31. The SMILES string of the molecule is COc1c(Cl)ccc(Cl)c1C(=O)ON(C)C(=O)c1ccc(C(=O)N(C)OC(=O)c2c(Cl)ccc(Cl)c2OC)cc1. The zero-order valence-electron chi connectivity index (χ0n) is 21.3. The standard InChI is InChI=1S/C26H20Cl4N2O8/c1-31(39-25(35)19-15(27)9-11-17(29)21(19)37-3)23(33)13-5-7-14(8-6-13)24(34)32(2)40-26(36)20-16(28)10-12-18(30)22(20)38-4/h5-12H,1-4H3. The molecule has 2 amide bonds. The van der Waals surface area contributed by atoms with Crippen molar-refractivity contribution in [2.24, 2.45) is 0 Å². The maximum atomic E-state index is 12.8. The Morgan fingerprint density at radius 2 is 0.850 bits per heavy atom. The predicted octanol–water partition coefficient (Wildman–Crippen LogP) is 6.01. The number of hydrogen-bond donors (Lipinski definition) is 0. The summed E-state index contributed by atoms with van der Waals surface area (Å²) in [4.78, 5) is 61.2. The first kappa shape index (κ1) is 30.8. The van der Waals surface area contributed by atoms with Crippen LogP contribution in [0.4, 0.5) is 0 Å². The number of carbonyl (C=O) groups is 4. The third-order valence-corrected chi connectivity index (χ3v) is 6.55. The molecule has 0 aromatic heterocycles. The summed E-state index contributed by atoms with van der Waals surface area (Å²) in [5, 5.41) is 1.64. The van der Waals surface area contributed by atoms with Crippen molar-refractivity contribution in [3.63, 3.8) is 0 Å². The number of carbonyl (C=O) groups excluding carboxylic acids is 4. The fraction of sp³-hybridized carbons (Fsp3) is 0.154. The molecule has 0 N–H and O–H groups in total. The van der Waals surface area contributed by atoms with Crippen LogP contribution in [-0.2, 0) is 9.68 Å². The van der Waals surface area contributed by atoms with E-state index in [2.05, 4.69) is 0 Å². The maximum absolute atomic E-state index is 12.8. The molecule has 0 aliphatic rings. The van der Waals surface area contributed by atoms with Gasteiger partial charge in [-0.1, -0.05) is 46.4 Å². The summed E-state index contributed by atoms with van der Waals surface area (Å²) in [6.07, 6.45) is 0. The van der Waals surface area contributed by atoms with E-state index in [9.17, 15) is 19.2 Å². The van der Waals surface area contributed by atoms with Gasteiger partial charge in [0.1, 0.15) is 11.1 Å². The molecule has 0 saturated carbocycles. The van der Waals surface area contributed by atoms with E-state index in [-0.39, 0.29) is 53.8 Å². The van der Waals surface area contributed by atoms with E-state index in [0.717, 1.165) is 0 Å². The zero-order valence-corrected chi connectivity index (χ0v) is 24.3. The van der Waals surface area contributed by atoms with Crippen molar-refractivity contribution in [1.29, 1.82) is 0 Å². The number of rotatable bonds is 6. The molecule has 0 unspecified atom stereocenters. The van der Waals surface area contributed by atoms with Crippen LogP contribution in [0.15, 0.2) is 48.5 Å². The highest BCUT2D eigenvalue weighted by molar-refractivity contribution is 6.37. The number of ether oxygens (including phenoxy) is 2. The summed E-state index contributed by atoms with van der Waals surface area (Å²) in [7, 11) is 5.03. The molecule has 3 rings (SSSR count). The topological polar surface area (TPSA) is 112 Å². The largest absolute Gasteiger partial charge is 0.494 e.